The van der Waals surface area contributed by atoms with Crippen LogP contribution in [0, 0.1) is 12.8 Å². The highest BCUT2D eigenvalue weighted by Gasteiger charge is 2.36. The Kier molecular flexibility index (Phi) is 5.57. The third-order valence-corrected chi connectivity index (χ3v) is 5.13. The smallest absolute Gasteiger partial charge is 0.229 e. The highest BCUT2D eigenvalue weighted by atomic mass is 16.5. The number of methoxy groups -OCH3 is 2. The van der Waals surface area contributed by atoms with Crippen molar-refractivity contribution in [2.75, 3.05) is 31.0 Å². The zero-order valence-electron chi connectivity index (χ0n) is 17.4. The van der Waals surface area contributed by atoms with Gasteiger partial charge in [-0.05, 0) is 24.3 Å². The molecule has 1 saturated heterocycles. The molecule has 1 aliphatic rings. The van der Waals surface area contributed by atoms with Gasteiger partial charge in [-0.1, -0.05) is 17.3 Å². The number of para-hydroxylation sites is 1. The highest BCUT2D eigenvalue weighted by Crippen LogP contribution is 2.36. The van der Waals surface area contributed by atoms with E-state index in [2.05, 4.69) is 15.5 Å². The standard InChI is InChI=1S/C22H22N4O5/c1-13-23-21(25-31-13)16-6-4-5-7-17(16)24-22(28)14-10-20(27)26(12-14)18-11-15(29-2)8-9-19(18)30-3/h4-9,11,14H,10,12H2,1-3H3,(H,24,28). The van der Waals surface area contributed by atoms with E-state index in [0.717, 1.165) is 0 Å². The van der Waals surface area contributed by atoms with E-state index in [0.29, 0.717) is 40.2 Å². The molecule has 1 aliphatic heterocycles. The minimum Gasteiger partial charge on any atom is -0.497 e. The molecule has 1 fully saturated rings. The summed E-state index contributed by atoms with van der Waals surface area (Å²) >= 11 is 0. The number of carbonyl (C=O) groups is 2. The number of anilines is 2. The van der Waals surface area contributed by atoms with Crippen LogP contribution in [0.3, 0.4) is 0 Å². The number of amides is 2. The lowest BCUT2D eigenvalue weighted by Gasteiger charge is -2.20. The Bertz CT molecular complexity index is 1130. The second-order valence-electron chi connectivity index (χ2n) is 7.12. The first-order valence-corrected chi connectivity index (χ1v) is 9.73. The normalized spacial score (nSPS) is 15.8. The highest BCUT2D eigenvalue weighted by molar-refractivity contribution is 6.05. The topological polar surface area (TPSA) is 107 Å². The van der Waals surface area contributed by atoms with E-state index in [-0.39, 0.29) is 24.8 Å². The van der Waals surface area contributed by atoms with Crippen molar-refractivity contribution in [3.63, 3.8) is 0 Å². The molecule has 0 saturated carbocycles. The van der Waals surface area contributed by atoms with Crippen LogP contribution in [-0.4, -0.2) is 42.7 Å². The predicted molar refractivity (Wildman–Crippen MR) is 113 cm³/mol. The van der Waals surface area contributed by atoms with E-state index < -0.39 is 5.92 Å². The summed E-state index contributed by atoms with van der Waals surface area (Å²) in [5.41, 5.74) is 1.77. The van der Waals surface area contributed by atoms with E-state index in [1.54, 1.807) is 55.3 Å². The lowest BCUT2D eigenvalue weighted by Crippen LogP contribution is -2.28. The van der Waals surface area contributed by atoms with Crippen molar-refractivity contribution >= 4 is 23.2 Å². The van der Waals surface area contributed by atoms with Gasteiger partial charge >= 0.3 is 0 Å². The fourth-order valence-corrected chi connectivity index (χ4v) is 3.55. The van der Waals surface area contributed by atoms with Crippen LogP contribution in [0.15, 0.2) is 47.0 Å². The zero-order valence-corrected chi connectivity index (χ0v) is 17.4. The van der Waals surface area contributed by atoms with Gasteiger partial charge in [0.1, 0.15) is 11.5 Å². The molecule has 2 heterocycles. The van der Waals surface area contributed by atoms with E-state index in [1.165, 1.54) is 7.11 Å². The van der Waals surface area contributed by atoms with Crippen molar-refractivity contribution in [2.45, 2.75) is 13.3 Å². The Hall–Kier alpha value is -3.88. The summed E-state index contributed by atoms with van der Waals surface area (Å²) in [4.78, 5) is 31.5. The minimum absolute atomic E-state index is 0.0929. The molecular weight excluding hydrogens is 400 g/mol. The molecule has 4 rings (SSSR count). The van der Waals surface area contributed by atoms with Crippen molar-refractivity contribution < 1.29 is 23.6 Å². The molecule has 2 aromatic carbocycles. The van der Waals surface area contributed by atoms with Gasteiger partial charge in [0, 0.05) is 31.5 Å². The number of carbonyl (C=O) groups excluding carboxylic acids is 2. The first-order chi connectivity index (χ1) is 15.0. The quantitative estimate of drug-likeness (QED) is 0.651. The Morgan fingerprint density at radius 3 is 2.71 bits per heavy atom. The van der Waals surface area contributed by atoms with E-state index in [4.69, 9.17) is 14.0 Å². The molecule has 9 heteroatoms. The molecule has 1 unspecified atom stereocenters. The van der Waals surface area contributed by atoms with Gasteiger partial charge in [-0.2, -0.15) is 4.98 Å². The van der Waals surface area contributed by atoms with Gasteiger partial charge in [0.15, 0.2) is 0 Å². The van der Waals surface area contributed by atoms with Crippen LogP contribution >= 0.6 is 0 Å². The Morgan fingerprint density at radius 1 is 1.19 bits per heavy atom. The number of benzene rings is 2. The first-order valence-electron chi connectivity index (χ1n) is 9.73. The van der Waals surface area contributed by atoms with Crippen molar-refractivity contribution in [1.82, 2.24) is 10.1 Å². The number of aryl methyl sites for hydroxylation is 1. The molecular formula is C22H22N4O5. The average Bonchev–Trinajstić information content (AvgIpc) is 3.39. The van der Waals surface area contributed by atoms with Gasteiger partial charge in [0.05, 0.1) is 31.5 Å². The molecule has 1 N–H and O–H groups in total. The molecule has 0 aliphatic carbocycles. The van der Waals surface area contributed by atoms with Crippen LogP contribution in [0.4, 0.5) is 11.4 Å². The first kappa shape index (κ1) is 20.4. The second-order valence-corrected chi connectivity index (χ2v) is 7.12. The third kappa shape index (κ3) is 4.07. The van der Waals surface area contributed by atoms with Gasteiger partial charge in [-0.25, -0.2) is 0 Å². The van der Waals surface area contributed by atoms with Gasteiger partial charge in [0.25, 0.3) is 0 Å². The third-order valence-electron chi connectivity index (χ3n) is 5.13. The molecule has 0 spiro atoms. The lowest BCUT2D eigenvalue weighted by molar-refractivity contribution is -0.122. The average molecular weight is 422 g/mol. The van der Waals surface area contributed by atoms with Gasteiger partial charge in [0.2, 0.25) is 23.5 Å². The van der Waals surface area contributed by atoms with Gasteiger partial charge in [-0.15, -0.1) is 0 Å². The van der Waals surface area contributed by atoms with Crippen LogP contribution in [0.25, 0.3) is 11.4 Å². The van der Waals surface area contributed by atoms with Crippen molar-refractivity contribution in [1.29, 1.82) is 0 Å². The Balaban J connectivity index is 1.54. The van der Waals surface area contributed by atoms with Crippen LogP contribution in [0.5, 0.6) is 11.5 Å². The van der Waals surface area contributed by atoms with E-state index >= 15 is 0 Å². The van der Waals surface area contributed by atoms with E-state index in [1.807, 2.05) is 6.07 Å². The number of ether oxygens (including phenoxy) is 2. The summed E-state index contributed by atoms with van der Waals surface area (Å²) in [5.74, 6) is 1.01. The number of aromatic nitrogens is 2. The largest absolute Gasteiger partial charge is 0.497 e. The molecule has 0 bridgehead atoms. The summed E-state index contributed by atoms with van der Waals surface area (Å²) in [7, 11) is 3.09. The summed E-state index contributed by atoms with van der Waals surface area (Å²) < 4.78 is 15.7. The van der Waals surface area contributed by atoms with Crippen LogP contribution in [0.2, 0.25) is 0 Å². The zero-order chi connectivity index (χ0) is 22.0. The SMILES string of the molecule is COc1ccc(OC)c(N2CC(C(=O)Nc3ccccc3-c3noc(C)n3)CC2=O)c1. The van der Waals surface area contributed by atoms with Gasteiger partial charge in [-0.3, -0.25) is 9.59 Å². The van der Waals surface area contributed by atoms with Crippen LogP contribution in [0.1, 0.15) is 12.3 Å². The van der Waals surface area contributed by atoms with Crippen molar-refractivity contribution in [3.05, 3.63) is 48.4 Å². The fraction of sp³-hybridized carbons (Fsp3) is 0.273. The molecule has 0 radical (unpaired) electrons. The summed E-state index contributed by atoms with van der Waals surface area (Å²) in [6.07, 6.45) is 0.0929. The predicted octanol–water partition coefficient (Wildman–Crippen LogP) is 3.05. The molecule has 31 heavy (non-hydrogen) atoms. The van der Waals surface area contributed by atoms with E-state index in [9.17, 15) is 9.59 Å². The Morgan fingerprint density at radius 2 is 2.00 bits per heavy atom. The molecule has 3 aromatic rings. The number of nitrogens with zero attached hydrogens (tertiary/aromatic N) is 3. The maximum atomic E-state index is 13.0. The number of hydrogen-bond donors (Lipinski definition) is 1. The second kappa shape index (κ2) is 8.47. The fourth-order valence-electron chi connectivity index (χ4n) is 3.55. The monoisotopic (exact) mass is 422 g/mol. The van der Waals surface area contributed by atoms with Crippen LogP contribution in [-0.2, 0) is 9.59 Å². The molecule has 2 amide bonds. The van der Waals surface area contributed by atoms with Crippen molar-refractivity contribution in [2.24, 2.45) is 5.92 Å². The number of rotatable bonds is 6. The maximum absolute atomic E-state index is 13.0. The summed E-state index contributed by atoms with van der Waals surface area (Å²) in [6, 6.07) is 12.4. The van der Waals surface area contributed by atoms with Crippen LogP contribution < -0.4 is 19.7 Å². The van der Waals surface area contributed by atoms with Crippen molar-refractivity contribution in [3.8, 4) is 22.9 Å². The molecule has 160 valence electrons. The maximum Gasteiger partial charge on any atom is 0.229 e. The molecule has 1 atom stereocenters. The Labute approximate surface area is 179 Å². The van der Waals surface area contributed by atoms with Gasteiger partial charge < -0.3 is 24.2 Å². The summed E-state index contributed by atoms with van der Waals surface area (Å²) in [6.45, 7) is 1.93. The minimum atomic E-state index is -0.525. The summed E-state index contributed by atoms with van der Waals surface area (Å²) in [5, 5.41) is 6.83. The molecule has 9 nitrogen and oxygen atoms in total. The molecule has 1 aromatic heterocycles. The number of hydrogen-bond acceptors (Lipinski definition) is 7. The lowest BCUT2D eigenvalue weighted by atomic mass is 10.1. The number of nitrogens with one attached hydrogen (secondary N) is 1.